The SMILES string of the molecule is CCOC=O.Fc1ccc(C2CCN(C[C@H]3CCN(Cc4ccccc4)C3)CC2)cc1. The minimum Gasteiger partial charge on any atom is -0.468 e. The predicted octanol–water partition coefficient (Wildman–Crippen LogP) is 4.71. The number of halogens is 1. The highest BCUT2D eigenvalue weighted by Gasteiger charge is 2.27. The molecular formula is C26H35FN2O2. The molecule has 2 saturated heterocycles. The molecular weight excluding hydrogens is 391 g/mol. The number of carbonyl (C=O) groups excluding carboxylic acids is 1. The molecule has 0 spiro atoms. The molecule has 1 atom stereocenters. The summed E-state index contributed by atoms with van der Waals surface area (Å²) in [6.07, 6.45) is 3.73. The van der Waals surface area contributed by atoms with Gasteiger partial charge in [0.25, 0.3) is 6.47 Å². The molecule has 4 nitrogen and oxygen atoms in total. The van der Waals surface area contributed by atoms with Gasteiger partial charge >= 0.3 is 0 Å². The van der Waals surface area contributed by atoms with Crippen LogP contribution in [0.3, 0.4) is 0 Å². The van der Waals surface area contributed by atoms with Crippen molar-refractivity contribution in [1.29, 1.82) is 0 Å². The second kappa shape index (κ2) is 12.6. The Morgan fingerprint density at radius 2 is 1.65 bits per heavy atom. The fraction of sp³-hybridized carbons (Fsp3) is 0.500. The molecule has 2 fully saturated rings. The van der Waals surface area contributed by atoms with Gasteiger partial charge in [0.15, 0.2) is 0 Å². The minimum absolute atomic E-state index is 0.132. The zero-order chi connectivity index (χ0) is 21.9. The van der Waals surface area contributed by atoms with E-state index in [-0.39, 0.29) is 5.82 Å². The van der Waals surface area contributed by atoms with Crippen LogP contribution in [0.5, 0.6) is 0 Å². The molecule has 2 aromatic rings. The highest BCUT2D eigenvalue weighted by atomic mass is 19.1. The lowest BCUT2D eigenvalue weighted by atomic mass is 9.89. The lowest BCUT2D eigenvalue weighted by Gasteiger charge is -2.33. The molecule has 0 N–H and O–H groups in total. The summed E-state index contributed by atoms with van der Waals surface area (Å²) in [7, 11) is 0. The maximum absolute atomic E-state index is 13.1. The molecule has 4 rings (SSSR count). The van der Waals surface area contributed by atoms with Crippen molar-refractivity contribution in [3.05, 3.63) is 71.5 Å². The number of rotatable bonds is 7. The molecule has 0 unspecified atom stereocenters. The van der Waals surface area contributed by atoms with Gasteiger partial charge in [-0.05, 0) is 80.9 Å². The van der Waals surface area contributed by atoms with Gasteiger partial charge in [0.1, 0.15) is 5.82 Å². The van der Waals surface area contributed by atoms with Crippen molar-refractivity contribution in [2.24, 2.45) is 5.92 Å². The topological polar surface area (TPSA) is 32.8 Å². The second-order valence-corrected chi connectivity index (χ2v) is 8.55. The zero-order valence-electron chi connectivity index (χ0n) is 18.6. The fourth-order valence-electron chi connectivity index (χ4n) is 4.66. The molecule has 0 radical (unpaired) electrons. The Bertz CT molecular complexity index is 761. The van der Waals surface area contributed by atoms with E-state index in [2.05, 4.69) is 44.9 Å². The van der Waals surface area contributed by atoms with Gasteiger partial charge in [-0.2, -0.15) is 0 Å². The summed E-state index contributed by atoms with van der Waals surface area (Å²) in [6, 6.07) is 17.9. The van der Waals surface area contributed by atoms with Crippen LogP contribution in [-0.2, 0) is 16.1 Å². The van der Waals surface area contributed by atoms with Crippen LogP contribution in [0.2, 0.25) is 0 Å². The summed E-state index contributed by atoms with van der Waals surface area (Å²) in [5, 5.41) is 0. The van der Waals surface area contributed by atoms with E-state index in [1.165, 1.54) is 63.1 Å². The van der Waals surface area contributed by atoms with Crippen LogP contribution in [0.4, 0.5) is 4.39 Å². The first-order chi connectivity index (χ1) is 15.2. The van der Waals surface area contributed by atoms with Gasteiger partial charge in [0.05, 0.1) is 6.61 Å². The van der Waals surface area contributed by atoms with Gasteiger partial charge in [0.2, 0.25) is 0 Å². The lowest BCUT2D eigenvalue weighted by Crippen LogP contribution is -2.37. The van der Waals surface area contributed by atoms with Gasteiger partial charge < -0.3 is 9.64 Å². The van der Waals surface area contributed by atoms with E-state index >= 15 is 0 Å². The van der Waals surface area contributed by atoms with Crippen molar-refractivity contribution >= 4 is 6.47 Å². The summed E-state index contributed by atoms with van der Waals surface area (Å²) in [5.41, 5.74) is 2.73. The highest BCUT2D eigenvalue weighted by molar-refractivity contribution is 5.36. The number of ether oxygens (including phenoxy) is 1. The fourth-order valence-corrected chi connectivity index (χ4v) is 4.66. The van der Waals surface area contributed by atoms with E-state index in [0.29, 0.717) is 19.0 Å². The Labute approximate surface area is 186 Å². The first kappa shape index (κ1) is 23.4. The molecule has 31 heavy (non-hydrogen) atoms. The highest BCUT2D eigenvalue weighted by Crippen LogP contribution is 2.29. The number of benzene rings is 2. The van der Waals surface area contributed by atoms with Crippen molar-refractivity contribution in [3.63, 3.8) is 0 Å². The largest absolute Gasteiger partial charge is 0.468 e. The molecule has 2 heterocycles. The Balaban J connectivity index is 0.000000491. The van der Waals surface area contributed by atoms with Crippen molar-refractivity contribution in [2.45, 2.75) is 38.6 Å². The normalized spacial score (nSPS) is 20.1. The third-order valence-electron chi connectivity index (χ3n) is 6.30. The summed E-state index contributed by atoms with van der Waals surface area (Å²) in [4.78, 5) is 14.4. The Kier molecular flexibility index (Phi) is 9.50. The second-order valence-electron chi connectivity index (χ2n) is 8.55. The van der Waals surface area contributed by atoms with Gasteiger partial charge in [0, 0.05) is 19.6 Å². The lowest BCUT2D eigenvalue weighted by molar-refractivity contribution is -0.128. The van der Waals surface area contributed by atoms with Crippen LogP contribution in [0.25, 0.3) is 0 Å². The van der Waals surface area contributed by atoms with Gasteiger partial charge in [-0.1, -0.05) is 42.5 Å². The molecule has 5 heteroatoms. The molecule has 0 amide bonds. The maximum atomic E-state index is 13.1. The maximum Gasteiger partial charge on any atom is 0.293 e. The standard InChI is InChI=1S/C23H29FN2.C3H6O2/c24-23-8-6-21(7-9-23)22-11-14-25(15-12-22)17-20-10-13-26(18-20)16-19-4-2-1-3-5-19;1-2-5-3-4/h1-9,20,22H,10-18H2;3H,2H2,1H3/t20-;/m1./s1. The van der Waals surface area contributed by atoms with Crippen LogP contribution >= 0.6 is 0 Å². The van der Waals surface area contributed by atoms with Crippen molar-refractivity contribution < 1.29 is 13.9 Å². The summed E-state index contributed by atoms with van der Waals surface area (Å²) in [6.45, 7) is 9.80. The molecule has 2 aliphatic heterocycles. The number of piperidine rings is 1. The van der Waals surface area contributed by atoms with E-state index < -0.39 is 0 Å². The number of nitrogens with zero attached hydrogens (tertiary/aromatic N) is 2. The number of hydrogen-bond acceptors (Lipinski definition) is 4. The molecule has 2 aliphatic rings. The third kappa shape index (κ3) is 7.75. The van der Waals surface area contributed by atoms with Crippen molar-refractivity contribution in [1.82, 2.24) is 9.80 Å². The smallest absolute Gasteiger partial charge is 0.293 e. The molecule has 168 valence electrons. The molecule has 0 aliphatic carbocycles. The molecule has 0 bridgehead atoms. The minimum atomic E-state index is -0.132. The van der Waals surface area contributed by atoms with Crippen molar-refractivity contribution in [2.75, 3.05) is 39.3 Å². The van der Waals surface area contributed by atoms with Crippen LogP contribution in [-0.4, -0.2) is 55.6 Å². The monoisotopic (exact) mass is 426 g/mol. The first-order valence-electron chi connectivity index (χ1n) is 11.5. The Morgan fingerprint density at radius 1 is 0.968 bits per heavy atom. The number of carbonyl (C=O) groups is 1. The van der Waals surface area contributed by atoms with Gasteiger partial charge in [-0.15, -0.1) is 0 Å². The summed E-state index contributed by atoms with van der Waals surface area (Å²) in [5.74, 6) is 1.28. The van der Waals surface area contributed by atoms with Crippen LogP contribution in [0.1, 0.15) is 43.2 Å². The van der Waals surface area contributed by atoms with E-state index in [4.69, 9.17) is 0 Å². The van der Waals surface area contributed by atoms with E-state index in [9.17, 15) is 9.18 Å². The number of hydrogen-bond donors (Lipinski definition) is 0. The van der Waals surface area contributed by atoms with Crippen LogP contribution < -0.4 is 0 Å². The number of likely N-dealkylation sites (tertiary alicyclic amines) is 2. The van der Waals surface area contributed by atoms with Crippen LogP contribution in [0.15, 0.2) is 54.6 Å². The van der Waals surface area contributed by atoms with Crippen molar-refractivity contribution in [3.8, 4) is 0 Å². The zero-order valence-corrected chi connectivity index (χ0v) is 18.6. The predicted molar refractivity (Wildman–Crippen MR) is 122 cm³/mol. The summed E-state index contributed by atoms with van der Waals surface area (Å²) >= 11 is 0. The Morgan fingerprint density at radius 3 is 2.26 bits per heavy atom. The van der Waals surface area contributed by atoms with Crippen LogP contribution in [0, 0.1) is 11.7 Å². The molecule has 2 aromatic carbocycles. The van der Waals surface area contributed by atoms with E-state index in [1.54, 1.807) is 19.1 Å². The van der Waals surface area contributed by atoms with E-state index in [0.717, 1.165) is 12.5 Å². The molecule has 0 saturated carbocycles. The Hall–Kier alpha value is -2.24. The van der Waals surface area contributed by atoms with Gasteiger partial charge in [-0.3, -0.25) is 9.69 Å². The average Bonchev–Trinajstić information content (AvgIpc) is 3.23. The average molecular weight is 427 g/mol. The summed E-state index contributed by atoms with van der Waals surface area (Å²) < 4.78 is 17.3. The first-order valence-corrected chi connectivity index (χ1v) is 11.5. The quantitative estimate of drug-likeness (QED) is 0.601. The third-order valence-corrected chi connectivity index (χ3v) is 6.30. The van der Waals surface area contributed by atoms with E-state index in [1.807, 2.05) is 12.1 Å². The van der Waals surface area contributed by atoms with Gasteiger partial charge in [-0.25, -0.2) is 4.39 Å². The molecule has 0 aromatic heterocycles.